The number of hydrogen-bond donors (Lipinski definition) is 2. The van der Waals surface area contributed by atoms with E-state index >= 15 is 0 Å². The van der Waals surface area contributed by atoms with Crippen LogP contribution in [0.15, 0.2) is 17.2 Å². The van der Waals surface area contributed by atoms with Gasteiger partial charge >= 0.3 is 6.18 Å². The Balaban J connectivity index is 2.74. The van der Waals surface area contributed by atoms with Crippen molar-refractivity contribution in [3.8, 4) is 0 Å². The third-order valence-electron chi connectivity index (χ3n) is 2.15. The average molecular weight is 341 g/mol. The van der Waals surface area contributed by atoms with Crippen molar-refractivity contribution in [2.24, 2.45) is 5.73 Å². The van der Waals surface area contributed by atoms with E-state index in [9.17, 15) is 13.2 Å². The minimum Gasteiger partial charge on any atom is -0.378 e. The molecule has 1 heterocycles. The van der Waals surface area contributed by atoms with E-state index in [1.54, 1.807) is 0 Å². The maximum absolute atomic E-state index is 12.9. The molecule has 0 unspecified atom stereocenters. The van der Waals surface area contributed by atoms with Gasteiger partial charge in [-0.25, -0.2) is 9.97 Å². The summed E-state index contributed by atoms with van der Waals surface area (Å²) in [4.78, 5) is 7.30. The number of aromatic nitrogens is 2. The van der Waals surface area contributed by atoms with Crippen molar-refractivity contribution in [1.29, 1.82) is 5.41 Å². The van der Waals surface area contributed by atoms with Gasteiger partial charge in [0.1, 0.15) is 5.03 Å². The summed E-state index contributed by atoms with van der Waals surface area (Å²) in [5.41, 5.74) is 3.97. The molecule has 20 heavy (non-hydrogen) atoms. The topological polar surface area (TPSA) is 75.7 Å². The van der Waals surface area contributed by atoms with Crippen molar-refractivity contribution >= 4 is 51.2 Å². The van der Waals surface area contributed by atoms with Crippen LogP contribution >= 0.6 is 35.0 Å². The van der Waals surface area contributed by atoms with E-state index in [0.29, 0.717) is 11.8 Å². The van der Waals surface area contributed by atoms with E-state index in [1.807, 2.05) is 0 Å². The smallest absolute Gasteiger partial charge is 0.378 e. The van der Waals surface area contributed by atoms with Crippen molar-refractivity contribution < 1.29 is 13.2 Å². The standard InChI is InChI=1S/C10H5Cl2F3N4S/c11-3-1-5-6(2-4(3)12)19-8(20-9(16)17)7(18-5)10(13,14)15/h1-2H,(H3,16,17). The molecule has 0 aliphatic heterocycles. The summed E-state index contributed by atoms with van der Waals surface area (Å²) >= 11 is 11.9. The summed E-state index contributed by atoms with van der Waals surface area (Å²) < 4.78 is 38.8. The highest BCUT2D eigenvalue weighted by atomic mass is 35.5. The summed E-state index contributed by atoms with van der Waals surface area (Å²) in [5.74, 6) is 0. The molecule has 1 aromatic carbocycles. The summed E-state index contributed by atoms with van der Waals surface area (Å²) in [6.07, 6.45) is -4.72. The SMILES string of the molecule is N=C(N)Sc1nc2cc(Cl)c(Cl)cc2nc1C(F)(F)F. The van der Waals surface area contributed by atoms with Gasteiger partial charge in [0.15, 0.2) is 10.9 Å². The van der Waals surface area contributed by atoms with Crippen molar-refractivity contribution in [2.45, 2.75) is 11.2 Å². The summed E-state index contributed by atoms with van der Waals surface area (Å²) in [7, 11) is 0. The zero-order chi connectivity index (χ0) is 15.1. The number of hydrogen-bond acceptors (Lipinski definition) is 4. The van der Waals surface area contributed by atoms with E-state index in [1.165, 1.54) is 12.1 Å². The molecule has 0 spiro atoms. The van der Waals surface area contributed by atoms with Crippen molar-refractivity contribution in [3.63, 3.8) is 0 Å². The van der Waals surface area contributed by atoms with Crippen molar-refractivity contribution in [1.82, 2.24) is 9.97 Å². The minimum atomic E-state index is -4.72. The molecule has 2 rings (SSSR count). The first-order chi connectivity index (χ1) is 9.18. The molecule has 4 nitrogen and oxygen atoms in total. The summed E-state index contributed by atoms with van der Waals surface area (Å²) in [5, 5.41) is 6.27. The van der Waals surface area contributed by atoms with E-state index < -0.39 is 22.1 Å². The Kier molecular flexibility index (Phi) is 3.99. The molecular weight excluding hydrogens is 336 g/mol. The number of alkyl halides is 3. The number of thioether (sulfide) groups is 1. The van der Waals surface area contributed by atoms with Gasteiger partial charge in [0.25, 0.3) is 0 Å². The highest BCUT2D eigenvalue weighted by Crippen LogP contribution is 2.36. The molecule has 0 radical (unpaired) electrons. The second-order valence-electron chi connectivity index (χ2n) is 3.60. The fourth-order valence-corrected chi connectivity index (χ4v) is 2.32. The molecule has 0 fully saturated rings. The molecule has 106 valence electrons. The van der Waals surface area contributed by atoms with Crippen LogP contribution in [0.5, 0.6) is 0 Å². The first-order valence-electron chi connectivity index (χ1n) is 4.94. The molecule has 3 N–H and O–H groups in total. The molecule has 0 aliphatic rings. The Bertz CT molecular complexity index is 705. The van der Waals surface area contributed by atoms with E-state index in [4.69, 9.17) is 34.3 Å². The second kappa shape index (κ2) is 5.27. The van der Waals surface area contributed by atoms with E-state index in [0.717, 1.165) is 0 Å². The van der Waals surface area contributed by atoms with Crippen LogP contribution in [0.25, 0.3) is 11.0 Å². The van der Waals surface area contributed by atoms with E-state index in [-0.39, 0.29) is 21.1 Å². The zero-order valence-electron chi connectivity index (χ0n) is 9.42. The Labute approximate surface area is 125 Å². The van der Waals surface area contributed by atoms with Crippen molar-refractivity contribution in [3.05, 3.63) is 27.9 Å². The molecule has 0 amide bonds. The fourth-order valence-electron chi connectivity index (χ4n) is 1.40. The molecule has 2 aromatic rings. The Morgan fingerprint density at radius 1 is 1.15 bits per heavy atom. The Morgan fingerprint density at radius 2 is 1.65 bits per heavy atom. The van der Waals surface area contributed by atoms with Crippen LogP contribution in [0.4, 0.5) is 13.2 Å². The number of nitrogens with two attached hydrogens (primary N) is 1. The lowest BCUT2D eigenvalue weighted by Crippen LogP contribution is -2.14. The first kappa shape index (κ1) is 15.1. The van der Waals surface area contributed by atoms with Crippen LogP contribution in [-0.2, 0) is 6.18 Å². The number of halogens is 5. The van der Waals surface area contributed by atoms with Crippen LogP contribution < -0.4 is 5.73 Å². The largest absolute Gasteiger partial charge is 0.436 e. The molecule has 0 bridgehead atoms. The zero-order valence-corrected chi connectivity index (χ0v) is 11.8. The number of benzene rings is 1. The molecule has 0 saturated carbocycles. The van der Waals surface area contributed by atoms with Gasteiger partial charge in [-0.2, -0.15) is 13.2 Å². The van der Waals surface area contributed by atoms with Gasteiger partial charge in [0, 0.05) is 0 Å². The second-order valence-corrected chi connectivity index (χ2v) is 5.44. The average Bonchev–Trinajstić information content (AvgIpc) is 2.28. The lowest BCUT2D eigenvalue weighted by Gasteiger charge is -2.11. The third kappa shape index (κ3) is 3.08. The first-order valence-corrected chi connectivity index (χ1v) is 6.51. The number of fused-ring (bicyclic) bond motifs is 1. The van der Waals surface area contributed by atoms with Crippen LogP contribution in [0.3, 0.4) is 0 Å². The molecule has 0 saturated heterocycles. The lowest BCUT2D eigenvalue weighted by atomic mass is 10.3. The quantitative estimate of drug-likeness (QED) is 0.468. The number of nitrogens with zero attached hydrogens (tertiary/aromatic N) is 2. The maximum atomic E-state index is 12.9. The van der Waals surface area contributed by atoms with Crippen LogP contribution in [0.2, 0.25) is 10.0 Å². The number of rotatable bonds is 1. The number of amidine groups is 1. The van der Waals surface area contributed by atoms with Gasteiger partial charge in [-0.3, -0.25) is 5.41 Å². The Hall–Kier alpha value is -1.25. The fraction of sp³-hybridized carbons (Fsp3) is 0.100. The van der Waals surface area contributed by atoms with Crippen molar-refractivity contribution in [2.75, 3.05) is 0 Å². The van der Waals surface area contributed by atoms with Gasteiger partial charge in [-0.15, -0.1) is 0 Å². The third-order valence-corrected chi connectivity index (χ3v) is 3.57. The molecular formula is C10H5Cl2F3N4S. The minimum absolute atomic E-state index is 0.0420. The van der Waals surface area contributed by atoms with Gasteiger partial charge in [0.05, 0.1) is 21.1 Å². The maximum Gasteiger partial charge on any atom is 0.436 e. The highest BCUT2D eigenvalue weighted by molar-refractivity contribution is 8.13. The van der Waals surface area contributed by atoms with Crippen LogP contribution in [-0.4, -0.2) is 15.1 Å². The van der Waals surface area contributed by atoms with Gasteiger partial charge in [-0.05, 0) is 23.9 Å². The van der Waals surface area contributed by atoms with Crippen LogP contribution in [0.1, 0.15) is 5.69 Å². The molecule has 1 aromatic heterocycles. The van der Waals surface area contributed by atoms with Crippen LogP contribution in [0, 0.1) is 5.41 Å². The highest BCUT2D eigenvalue weighted by Gasteiger charge is 2.37. The van der Waals surface area contributed by atoms with Gasteiger partial charge in [-0.1, -0.05) is 23.2 Å². The number of nitrogens with one attached hydrogen (secondary N) is 1. The summed E-state index contributed by atoms with van der Waals surface area (Å²) in [6.45, 7) is 0. The normalized spacial score (nSPS) is 11.8. The monoisotopic (exact) mass is 340 g/mol. The lowest BCUT2D eigenvalue weighted by molar-refractivity contribution is -0.143. The van der Waals surface area contributed by atoms with Gasteiger partial charge < -0.3 is 5.73 Å². The Morgan fingerprint density at radius 3 is 2.10 bits per heavy atom. The molecule has 0 aliphatic carbocycles. The molecule has 10 heteroatoms. The van der Waals surface area contributed by atoms with E-state index in [2.05, 4.69) is 9.97 Å². The summed E-state index contributed by atoms with van der Waals surface area (Å²) in [6, 6.07) is 2.50. The predicted octanol–water partition coefficient (Wildman–Crippen LogP) is 3.94. The predicted molar refractivity (Wildman–Crippen MR) is 72.3 cm³/mol. The van der Waals surface area contributed by atoms with Gasteiger partial charge in [0.2, 0.25) is 0 Å². The molecule has 0 atom stereocenters.